The van der Waals surface area contributed by atoms with Crippen LogP contribution in [0.4, 0.5) is 14.6 Å². The molecule has 0 spiro atoms. The van der Waals surface area contributed by atoms with E-state index in [4.69, 9.17) is 0 Å². The summed E-state index contributed by atoms with van der Waals surface area (Å²) in [6, 6.07) is 4.68. The molecule has 0 unspecified atom stereocenters. The number of hydrogen-bond acceptors (Lipinski definition) is 7. The van der Waals surface area contributed by atoms with E-state index < -0.39 is 22.3 Å². The van der Waals surface area contributed by atoms with E-state index in [0.29, 0.717) is 5.82 Å². The van der Waals surface area contributed by atoms with Crippen molar-refractivity contribution >= 4 is 32.8 Å². The first kappa shape index (κ1) is 18.6. The van der Waals surface area contributed by atoms with Gasteiger partial charge in [0.2, 0.25) is 15.8 Å². The van der Waals surface area contributed by atoms with Gasteiger partial charge in [0, 0.05) is 22.8 Å². The Hall–Kier alpha value is -2.18. The van der Waals surface area contributed by atoms with Crippen LogP contribution in [0.5, 0.6) is 0 Å². The van der Waals surface area contributed by atoms with Crippen molar-refractivity contribution in [2.75, 3.05) is 18.4 Å². The van der Waals surface area contributed by atoms with Gasteiger partial charge in [-0.1, -0.05) is 0 Å². The lowest BCUT2D eigenvalue weighted by atomic mass is 10.4. The molecule has 3 rings (SSSR count). The van der Waals surface area contributed by atoms with E-state index >= 15 is 0 Å². The number of halogens is 2. The lowest BCUT2D eigenvalue weighted by Crippen LogP contribution is -2.29. The van der Waals surface area contributed by atoms with Crippen LogP contribution < -0.4 is 10.0 Å². The number of hydrogen-bond donors (Lipinski definition) is 2. The third kappa shape index (κ3) is 3.81. The molecule has 3 aromatic rings. The van der Waals surface area contributed by atoms with Crippen molar-refractivity contribution in [1.82, 2.24) is 24.5 Å². The quantitative estimate of drug-likeness (QED) is 0.587. The minimum atomic E-state index is -3.59. The number of aromatic nitrogens is 4. The maximum absolute atomic E-state index is 12.8. The highest BCUT2D eigenvalue weighted by Gasteiger charge is 2.19. The second kappa shape index (κ2) is 7.21. The van der Waals surface area contributed by atoms with E-state index in [0.717, 1.165) is 14.3 Å². The molecule has 0 amide bonds. The molecule has 0 fully saturated rings. The molecule has 0 aliphatic rings. The van der Waals surface area contributed by atoms with Crippen LogP contribution in [-0.4, -0.2) is 41.3 Å². The SMILES string of the molecule is Cc1cc(S(=O)(=O)NCCNc2ccc3nnc(C(F)F)n3n2)c(C)s1. The van der Waals surface area contributed by atoms with Gasteiger partial charge in [0.1, 0.15) is 5.82 Å². The molecule has 3 heterocycles. The summed E-state index contributed by atoms with van der Waals surface area (Å²) in [6.07, 6.45) is -2.79. The average molecular weight is 402 g/mol. The molecule has 2 N–H and O–H groups in total. The van der Waals surface area contributed by atoms with Gasteiger partial charge in [-0.2, -0.15) is 4.52 Å². The number of fused-ring (bicyclic) bond motifs is 1. The molecule has 0 aliphatic heterocycles. The highest BCUT2D eigenvalue weighted by Crippen LogP contribution is 2.24. The van der Waals surface area contributed by atoms with Crippen molar-refractivity contribution < 1.29 is 17.2 Å². The maximum Gasteiger partial charge on any atom is 0.299 e. The Morgan fingerprint density at radius 3 is 2.65 bits per heavy atom. The van der Waals surface area contributed by atoms with E-state index in [1.807, 2.05) is 6.92 Å². The van der Waals surface area contributed by atoms with Gasteiger partial charge in [-0.3, -0.25) is 0 Å². The molecule has 0 atom stereocenters. The molecule has 0 aliphatic carbocycles. The number of rotatable bonds is 7. The minimum Gasteiger partial charge on any atom is -0.367 e. The number of sulfonamides is 1. The largest absolute Gasteiger partial charge is 0.367 e. The van der Waals surface area contributed by atoms with Crippen LogP contribution in [0.3, 0.4) is 0 Å². The predicted molar refractivity (Wildman–Crippen MR) is 93.2 cm³/mol. The number of nitrogens with zero attached hydrogens (tertiary/aromatic N) is 4. The van der Waals surface area contributed by atoms with Crippen molar-refractivity contribution in [3.05, 3.63) is 33.8 Å². The summed E-state index contributed by atoms with van der Waals surface area (Å²) in [5, 5.41) is 13.9. The van der Waals surface area contributed by atoms with Crippen molar-refractivity contribution in [3.8, 4) is 0 Å². The van der Waals surface area contributed by atoms with E-state index in [2.05, 4.69) is 25.3 Å². The molecule has 3 aromatic heterocycles. The van der Waals surface area contributed by atoms with Gasteiger partial charge in [-0.05, 0) is 32.0 Å². The molecule has 12 heteroatoms. The van der Waals surface area contributed by atoms with Gasteiger partial charge >= 0.3 is 0 Å². The number of alkyl halides is 2. The second-order valence-electron chi connectivity index (χ2n) is 5.45. The molecular formula is C14H16F2N6O2S2. The van der Waals surface area contributed by atoms with Gasteiger partial charge in [0.25, 0.3) is 6.43 Å². The monoisotopic (exact) mass is 402 g/mol. The summed E-state index contributed by atoms with van der Waals surface area (Å²) in [5.41, 5.74) is 0.204. The number of aryl methyl sites for hydroxylation is 2. The molecule has 26 heavy (non-hydrogen) atoms. The van der Waals surface area contributed by atoms with Crippen molar-refractivity contribution in [2.45, 2.75) is 25.2 Å². The van der Waals surface area contributed by atoms with Crippen LogP contribution in [0.25, 0.3) is 5.65 Å². The maximum atomic E-state index is 12.8. The van der Waals surface area contributed by atoms with E-state index in [1.165, 1.54) is 17.4 Å². The van der Waals surface area contributed by atoms with Gasteiger partial charge < -0.3 is 5.32 Å². The first-order valence-electron chi connectivity index (χ1n) is 7.59. The summed E-state index contributed by atoms with van der Waals surface area (Å²) < 4.78 is 53.7. The van der Waals surface area contributed by atoms with E-state index in [1.54, 1.807) is 19.1 Å². The molecule has 8 nitrogen and oxygen atoms in total. The first-order chi connectivity index (χ1) is 12.3. The Morgan fingerprint density at radius 1 is 1.23 bits per heavy atom. The van der Waals surface area contributed by atoms with Crippen LogP contribution in [-0.2, 0) is 10.0 Å². The molecule has 0 aromatic carbocycles. The number of nitrogens with one attached hydrogen (secondary N) is 2. The lowest BCUT2D eigenvalue weighted by Gasteiger charge is -2.08. The summed E-state index contributed by atoms with van der Waals surface area (Å²) in [5.74, 6) is -0.242. The van der Waals surface area contributed by atoms with Gasteiger partial charge in [0.05, 0.1) is 4.90 Å². The van der Waals surface area contributed by atoms with Crippen molar-refractivity contribution in [1.29, 1.82) is 0 Å². The third-order valence-electron chi connectivity index (χ3n) is 3.49. The zero-order chi connectivity index (χ0) is 18.9. The smallest absolute Gasteiger partial charge is 0.299 e. The Morgan fingerprint density at radius 2 is 2.00 bits per heavy atom. The Kier molecular flexibility index (Phi) is 5.16. The van der Waals surface area contributed by atoms with Gasteiger partial charge in [-0.15, -0.1) is 26.6 Å². The summed E-state index contributed by atoms with van der Waals surface area (Å²) in [7, 11) is -3.59. The topological polar surface area (TPSA) is 101 Å². The van der Waals surface area contributed by atoms with E-state index in [9.17, 15) is 17.2 Å². The van der Waals surface area contributed by atoms with Crippen LogP contribution in [0, 0.1) is 13.8 Å². The van der Waals surface area contributed by atoms with Crippen molar-refractivity contribution in [3.63, 3.8) is 0 Å². The van der Waals surface area contributed by atoms with E-state index in [-0.39, 0.29) is 23.6 Å². The zero-order valence-corrected chi connectivity index (χ0v) is 15.5. The molecule has 0 bridgehead atoms. The Bertz CT molecular complexity index is 1030. The lowest BCUT2D eigenvalue weighted by molar-refractivity contribution is 0.137. The molecule has 140 valence electrons. The van der Waals surface area contributed by atoms with Crippen LogP contribution in [0.2, 0.25) is 0 Å². The fourth-order valence-corrected chi connectivity index (χ4v) is 4.95. The summed E-state index contributed by atoms with van der Waals surface area (Å²) in [6.45, 7) is 3.94. The third-order valence-corrected chi connectivity index (χ3v) is 6.17. The highest BCUT2D eigenvalue weighted by atomic mass is 32.2. The Labute approximate surface area is 152 Å². The Balaban J connectivity index is 1.62. The van der Waals surface area contributed by atoms with Crippen LogP contribution >= 0.6 is 11.3 Å². The zero-order valence-electron chi connectivity index (χ0n) is 13.9. The number of thiophene rings is 1. The molecular weight excluding hydrogens is 386 g/mol. The van der Waals surface area contributed by atoms with Crippen LogP contribution in [0.15, 0.2) is 23.1 Å². The molecule has 0 saturated carbocycles. The summed E-state index contributed by atoms with van der Waals surface area (Å²) >= 11 is 1.42. The standard InChI is InChI=1S/C14H16F2N6O2S2/c1-8-7-10(9(2)25-8)26(23,24)18-6-5-17-11-3-4-12-19-20-14(13(15)16)22(12)21-11/h3-4,7,13,18H,5-6H2,1-2H3,(H,17,21). The second-order valence-corrected chi connectivity index (χ2v) is 8.65. The fraction of sp³-hybridized carbons (Fsp3) is 0.357. The minimum absolute atomic E-state index is 0.111. The highest BCUT2D eigenvalue weighted by molar-refractivity contribution is 7.89. The normalized spacial score (nSPS) is 12.2. The average Bonchev–Trinajstić information content (AvgIpc) is 3.14. The fourth-order valence-electron chi connectivity index (χ4n) is 2.36. The first-order valence-corrected chi connectivity index (χ1v) is 9.89. The molecule has 0 saturated heterocycles. The van der Waals surface area contributed by atoms with Crippen LogP contribution in [0.1, 0.15) is 22.0 Å². The predicted octanol–water partition coefficient (Wildman–Crippen LogP) is 2.13. The number of anilines is 1. The summed E-state index contributed by atoms with van der Waals surface area (Å²) in [4.78, 5) is 1.91. The molecule has 0 radical (unpaired) electrons. The van der Waals surface area contributed by atoms with Gasteiger partial charge in [0.15, 0.2) is 5.65 Å². The van der Waals surface area contributed by atoms with Gasteiger partial charge in [-0.25, -0.2) is 21.9 Å². The van der Waals surface area contributed by atoms with Crippen molar-refractivity contribution in [2.24, 2.45) is 0 Å².